The number of unbranched alkanes of at least 4 members (excludes halogenated alkanes) is 1. The summed E-state index contributed by atoms with van der Waals surface area (Å²) < 4.78 is 10.1. The van der Waals surface area contributed by atoms with Gasteiger partial charge in [-0.25, -0.2) is 9.59 Å². The van der Waals surface area contributed by atoms with E-state index in [4.69, 9.17) is 9.47 Å². The highest BCUT2D eigenvalue weighted by molar-refractivity contribution is 5.85. The van der Waals surface area contributed by atoms with E-state index in [1.807, 2.05) is 0 Å². The molecule has 4 heteroatoms. The van der Waals surface area contributed by atoms with Crippen LogP contribution >= 0.6 is 0 Å². The fourth-order valence-corrected chi connectivity index (χ4v) is 1.61. The zero-order chi connectivity index (χ0) is 14.7. The van der Waals surface area contributed by atoms with Crippen LogP contribution in [0.3, 0.4) is 0 Å². The summed E-state index contributed by atoms with van der Waals surface area (Å²) in [6.45, 7) is 7.87. The van der Waals surface area contributed by atoms with Gasteiger partial charge in [0.25, 0.3) is 0 Å². The van der Waals surface area contributed by atoms with Gasteiger partial charge in [0.1, 0.15) is 0 Å². The van der Waals surface area contributed by atoms with Crippen molar-refractivity contribution in [3.05, 3.63) is 12.2 Å². The number of carbonyl (C=O) groups is 2. The van der Waals surface area contributed by atoms with Crippen LogP contribution in [0.2, 0.25) is 0 Å². The van der Waals surface area contributed by atoms with Gasteiger partial charge in [0.15, 0.2) is 6.10 Å². The summed E-state index contributed by atoms with van der Waals surface area (Å²) >= 11 is 0. The molecule has 0 saturated heterocycles. The molecule has 0 aromatic rings. The molecule has 4 nitrogen and oxygen atoms in total. The van der Waals surface area contributed by atoms with Gasteiger partial charge < -0.3 is 9.47 Å². The molecule has 0 aromatic carbocycles. The molecule has 0 aliphatic heterocycles. The van der Waals surface area contributed by atoms with Crippen molar-refractivity contribution in [2.24, 2.45) is 5.92 Å². The standard InChI is InChI=1S/C15H26O4/c1-5-8-10-13(7-3)11-18-15(17)12(4)19-14(16)9-6-2/h6,9,12-13H,5,7-8,10-11H2,1-4H3/b9-6+. The van der Waals surface area contributed by atoms with Crippen molar-refractivity contribution in [3.63, 3.8) is 0 Å². The van der Waals surface area contributed by atoms with Crippen molar-refractivity contribution >= 4 is 11.9 Å². The van der Waals surface area contributed by atoms with Crippen molar-refractivity contribution < 1.29 is 19.1 Å². The quantitative estimate of drug-likeness (QED) is 0.476. The predicted octanol–water partition coefficient (Wildman–Crippen LogP) is 3.25. The molecule has 0 radical (unpaired) electrons. The summed E-state index contributed by atoms with van der Waals surface area (Å²) in [4.78, 5) is 22.8. The Kier molecular flexibility index (Phi) is 9.85. The van der Waals surface area contributed by atoms with E-state index in [0.717, 1.165) is 25.7 Å². The topological polar surface area (TPSA) is 52.6 Å². The van der Waals surface area contributed by atoms with Crippen molar-refractivity contribution in [2.45, 2.75) is 59.5 Å². The number of ether oxygens (including phenoxy) is 2. The first-order valence-corrected chi connectivity index (χ1v) is 7.05. The van der Waals surface area contributed by atoms with Crippen LogP contribution in [0, 0.1) is 5.92 Å². The van der Waals surface area contributed by atoms with Crippen LogP contribution < -0.4 is 0 Å². The summed E-state index contributed by atoms with van der Waals surface area (Å²) in [5, 5.41) is 0. The van der Waals surface area contributed by atoms with Crippen LogP contribution in [-0.4, -0.2) is 24.6 Å². The molecule has 0 heterocycles. The molecule has 110 valence electrons. The monoisotopic (exact) mass is 270 g/mol. The van der Waals surface area contributed by atoms with Gasteiger partial charge in [0, 0.05) is 6.08 Å². The number of hydrogen-bond acceptors (Lipinski definition) is 4. The van der Waals surface area contributed by atoms with Gasteiger partial charge in [-0.2, -0.15) is 0 Å². The molecule has 0 aromatic heterocycles. The Hall–Kier alpha value is -1.32. The first-order valence-electron chi connectivity index (χ1n) is 7.05. The summed E-state index contributed by atoms with van der Waals surface area (Å²) in [6.07, 6.45) is 6.32. The SMILES string of the molecule is C/C=C/C(=O)OC(C)C(=O)OCC(CC)CCCC. The van der Waals surface area contributed by atoms with Gasteiger partial charge in [-0.05, 0) is 26.2 Å². The second-order valence-corrected chi connectivity index (χ2v) is 4.63. The molecule has 2 atom stereocenters. The Labute approximate surface area is 116 Å². The fraction of sp³-hybridized carbons (Fsp3) is 0.733. The van der Waals surface area contributed by atoms with Crippen LogP contribution in [-0.2, 0) is 19.1 Å². The van der Waals surface area contributed by atoms with Crippen molar-refractivity contribution in [2.75, 3.05) is 6.61 Å². The normalized spacial score (nSPS) is 14.1. The van der Waals surface area contributed by atoms with Gasteiger partial charge in [0.05, 0.1) is 6.61 Å². The minimum Gasteiger partial charge on any atom is -0.463 e. The Morgan fingerprint density at radius 2 is 1.95 bits per heavy atom. The first kappa shape index (κ1) is 17.7. The molecule has 19 heavy (non-hydrogen) atoms. The smallest absolute Gasteiger partial charge is 0.347 e. The zero-order valence-corrected chi connectivity index (χ0v) is 12.5. The van der Waals surface area contributed by atoms with E-state index in [1.54, 1.807) is 13.0 Å². The van der Waals surface area contributed by atoms with E-state index < -0.39 is 18.0 Å². The molecule has 0 aliphatic rings. The van der Waals surface area contributed by atoms with E-state index in [0.29, 0.717) is 12.5 Å². The minimum absolute atomic E-state index is 0.391. The number of carbonyl (C=O) groups excluding carboxylic acids is 2. The average Bonchev–Trinajstić information content (AvgIpc) is 2.38. The van der Waals surface area contributed by atoms with Gasteiger partial charge in [0.2, 0.25) is 0 Å². The third-order valence-electron chi connectivity index (χ3n) is 2.93. The van der Waals surface area contributed by atoms with Crippen LogP contribution in [0.1, 0.15) is 53.4 Å². The van der Waals surface area contributed by atoms with Gasteiger partial charge in [-0.1, -0.05) is 39.2 Å². The molecular weight excluding hydrogens is 244 g/mol. The second kappa shape index (κ2) is 10.6. The highest BCUT2D eigenvalue weighted by atomic mass is 16.6. The van der Waals surface area contributed by atoms with Gasteiger partial charge in [-0.3, -0.25) is 0 Å². The van der Waals surface area contributed by atoms with Gasteiger partial charge in [-0.15, -0.1) is 0 Å². The van der Waals surface area contributed by atoms with Crippen molar-refractivity contribution in [1.29, 1.82) is 0 Å². The Morgan fingerprint density at radius 3 is 2.47 bits per heavy atom. The summed E-state index contributed by atoms with van der Waals surface area (Å²) in [6, 6.07) is 0. The fourth-order valence-electron chi connectivity index (χ4n) is 1.61. The van der Waals surface area contributed by atoms with E-state index in [9.17, 15) is 9.59 Å². The number of rotatable bonds is 9. The third-order valence-corrected chi connectivity index (χ3v) is 2.93. The zero-order valence-electron chi connectivity index (χ0n) is 12.5. The first-order chi connectivity index (χ1) is 9.04. The van der Waals surface area contributed by atoms with Crippen LogP contribution in [0.4, 0.5) is 0 Å². The second-order valence-electron chi connectivity index (χ2n) is 4.63. The molecular formula is C15H26O4. The lowest BCUT2D eigenvalue weighted by molar-refractivity contribution is -0.164. The molecule has 0 fully saturated rings. The highest BCUT2D eigenvalue weighted by Gasteiger charge is 2.19. The van der Waals surface area contributed by atoms with E-state index >= 15 is 0 Å². The maximum absolute atomic E-state index is 11.7. The minimum atomic E-state index is -0.854. The van der Waals surface area contributed by atoms with Gasteiger partial charge >= 0.3 is 11.9 Å². The lowest BCUT2D eigenvalue weighted by atomic mass is 10.0. The molecule has 0 aliphatic carbocycles. The van der Waals surface area contributed by atoms with Crippen LogP contribution in [0.25, 0.3) is 0 Å². The summed E-state index contributed by atoms with van der Waals surface area (Å²) in [5.74, 6) is -0.611. The number of allylic oxidation sites excluding steroid dienone is 1. The molecule has 0 bridgehead atoms. The Balaban J connectivity index is 4.03. The van der Waals surface area contributed by atoms with Crippen LogP contribution in [0.15, 0.2) is 12.2 Å². The van der Waals surface area contributed by atoms with E-state index in [2.05, 4.69) is 13.8 Å². The maximum atomic E-state index is 11.7. The average molecular weight is 270 g/mol. The molecule has 0 spiro atoms. The predicted molar refractivity (Wildman–Crippen MR) is 74.6 cm³/mol. The molecule has 0 amide bonds. The number of esters is 2. The summed E-state index contributed by atoms with van der Waals surface area (Å²) in [7, 11) is 0. The maximum Gasteiger partial charge on any atom is 0.347 e. The van der Waals surface area contributed by atoms with E-state index in [1.165, 1.54) is 13.0 Å². The number of hydrogen-bond donors (Lipinski definition) is 0. The van der Waals surface area contributed by atoms with Crippen molar-refractivity contribution in [1.82, 2.24) is 0 Å². The van der Waals surface area contributed by atoms with Crippen LogP contribution in [0.5, 0.6) is 0 Å². The Bertz CT molecular complexity index is 297. The third kappa shape index (κ3) is 8.41. The van der Waals surface area contributed by atoms with Crippen molar-refractivity contribution in [3.8, 4) is 0 Å². The summed E-state index contributed by atoms with van der Waals surface area (Å²) in [5.41, 5.74) is 0. The molecule has 0 saturated carbocycles. The molecule has 0 rings (SSSR count). The lowest BCUT2D eigenvalue weighted by Crippen LogP contribution is -2.27. The highest BCUT2D eigenvalue weighted by Crippen LogP contribution is 2.13. The Morgan fingerprint density at radius 1 is 1.26 bits per heavy atom. The lowest BCUT2D eigenvalue weighted by Gasteiger charge is -2.16. The molecule has 2 unspecified atom stereocenters. The van der Waals surface area contributed by atoms with E-state index in [-0.39, 0.29) is 0 Å². The largest absolute Gasteiger partial charge is 0.463 e. The molecule has 0 N–H and O–H groups in total.